The van der Waals surface area contributed by atoms with Gasteiger partial charge in [-0.1, -0.05) is 36.4 Å². The van der Waals surface area contributed by atoms with Gasteiger partial charge < -0.3 is 15.0 Å². The predicted molar refractivity (Wildman–Crippen MR) is 115 cm³/mol. The van der Waals surface area contributed by atoms with Crippen LogP contribution >= 0.6 is 0 Å². The number of aromatic nitrogens is 2. The fraction of sp³-hybridized carbons (Fsp3) is 0.261. The van der Waals surface area contributed by atoms with Gasteiger partial charge in [0.1, 0.15) is 5.75 Å². The lowest BCUT2D eigenvalue weighted by atomic mass is 10.2. The molecule has 1 amide bonds. The lowest BCUT2D eigenvalue weighted by Gasteiger charge is -2.26. The van der Waals surface area contributed by atoms with Crippen LogP contribution in [-0.2, 0) is 6.54 Å². The van der Waals surface area contributed by atoms with Gasteiger partial charge in [0.05, 0.1) is 18.4 Å². The average Bonchev–Trinajstić information content (AvgIpc) is 2.73. The summed E-state index contributed by atoms with van der Waals surface area (Å²) in [6, 6.07) is 16.0. The number of ether oxygens (including phenoxy) is 1. The second-order valence-corrected chi connectivity index (χ2v) is 7.14. The minimum Gasteiger partial charge on any atom is -0.495 e. The van der Waals surface area contributed by atoms with E-state index in [2.05, 4.69) is 46.2 Å². The molecule has 6 nitrogen and oxygen atoms in total. The van der Waals surface area contributed by atoms with Gasteiger partial charge in [0.2, 0.25) is 5.95 Å². The van der Waals surface area contributed by atoms with Gasteiger partial charge in [0, 0.05) is 25.0 Å². The monoisotopic (exact) mass is 390 g/mol. The van der Waals surface area contributed by atoms with Gasteiger partial charge in [-0.15, -0.1) is 0 Å². The van der Waals surface area contributed by atoms with Crippen LogP contribution in [0.2, 0.25) is 0 Å². The van der Waals surface area contributed by atoms with Crippen molar-refractivity contribution in [3.63, 3.8) is 0 Å². The Bertz CT molecular complexity index is 956. The molecular formula is C23H26N4O2. The highest BCUT2D eigenvalue weighted by Gasteiger charge is 2.16. The zero-order valence-corrected chi connectivity index (χ0v) is 17.2. The summed E-state index contributed by atoms with van der Waals surface area (Å²) in [5, 5.41) is 2.87. The summed E-state index contributed by atoms with van der Waals surface area (Å²) in [4.78, 5) is 23.6. The van der Waals surface area contributed by atoms with Crippen molar-refractivity contribution in [1.29, 1.82) is 0 Å². The van der Waals surface area contributed by atoms with Gasteiger partial charge in [-0.25, -0.2) is 9.97 Å². The van der Waals surface area contributed by atoms with Crippen LogP contribution in [0, 0.1) is 6.92 Å². The van der Waals surface area contributed by atoms with Crippen LogP contribution in [0.15, 0.2) is 60.9 Å². The van der Waals surface area contributed by atoms with Crippen LogP contribution in [0.25, 0.3) is 0 Å². The summed E-state index contributed by atoms with van der Waals surface area (Å²) < 4.78 is 5.32. The number of benzene rings is 2. The zero-order valence-electron chi connectivity index (χ0n) is 17.2. The van der Waals surface area contributed by atoms with Crippen molar-refractivity contribution in [2.24, 2.45) is 0 Å². The summed E-state index contributed by atoms with van der Waals surface area (Å²) in [6.07, 6.45) is 3.11. The maximum Gasteiger partial charge on any atom is 0.258 e. The van der Waals surface area contributed by atoms with E-state index in [0.717, 1.165) is 5.56 Å². The summed E-state index contributed by atoms with van der Waals surface area (Å²) >= 11 is 0. The minimum atomic E-state index is -0.278. The molecule has 0 radical (unpaired) electrons. The smallest absolute Gasteiger partial charge is 0.258 e. The molecule has 0 saturated carbocycles. The number of nitrogens with one attached hydrogen (secondary N) is 1. The van der Waals surface area contributed by atoms with Crippen molar-refractivity contribution < 1.29 is 9.53 Å². The first-order valence-corrected chi connectivity index (χ1v) is 9.56. The zero-order chi connectivity index (χ0) is 20.8. The first kappa shape index (κ1) is 20.3. The molecule has 3 aromatic rings. The van der Waals surface area contributed by atoms with Crippen LogP contribution in [0.4, 0.5) is 11.6 Å². The fourth-order valence-corrected chi connectivity index (χ4v) is 2.97. The Labute approximate surface area is 171 Å². The van der Waals surface area contributed by atoms with E-state index in [4.69, 9.17) is 4.74 Å². The van der Waals surface area contributed by atoms with E-state index >= 15 is 0 Å². The molecule has 0 fully saturated rings. The molecule has 0 atom stereocenters. The third kappa shape index (κ3) is 5.10. The molecule has 0 aliphatic carbocycles. The third-order valence-corrected chi connectivity index (χ3v) is 4.58. The van der Waals surface area contributed by atoms with E-state index in [0.29, 0.717) is 29.5 Å². The number of aryl methyl sites for hydroxylation is 1. The Morgan fingerprint density at radius 3 is 2.41 bits per heavy atom. The van der Waals surface area contributed by atoms with Crippen molar-refractivity contribution in [3.8, 4) is 5.75 Å². The predicted octanol–water partition coefficient (Wildman–Crippen LogP) is 4.46. The SMILES string of the molecule is COc1ccc(C)cc1NC(=O)c1cnc(N(Cc2ccccc2)C(C)C)nc1. The summed E-state index contributed by atoms with van der Waals surface area (Å²) in [5.41, 5.74) is 3.22. The molecule has 0 aliphatic heterocycles. The molecule has 0 unspecified atom stereocenters. The molecule has 2 aromatic carbocycles. The Morgan fingerprint density at radius 2 is 1.79 bits per heavy atom. The molecular weight excluding hydrogens is 364 g/mol. The van der Waals surface area contributed by atoms with Gasteiger partial charge >= 0.3 is 0 Å². The molecule has 0 saturated heterocycles. The number of rotatable bonds is 7. The fourth-order valence-electron chi connectivity index (χ4n) is 2.97. The minimum absolute atomic E-state index is 0.214. The first-order valence-electron chi connectivity index (χ1n) is 9.56. The Morgan fingerprint density at radius 1 is 1.10 bits per heavy atom. The maximum atomic E-state index is 12.6. The summed E-state index contributed by atoms with van der Waals surface area (Å²) in [5.74, 6) is 0.920. The molecule has 0 spiro atoms. The van der Waals surface area contributed by atoms with E-state index in [1.165, 1.54) is 5.56 Å². The van der Waals surface area contributed by atoms with Crippen LogP contribution < -0.4 is 15.0 Å². The molecule has 3 rings (SSSR count). The van der Waals surface area contributed by atoms with Crippen LogP contribution in [0.3, 0.4) is 0 Å². The van der Waals surface area contributed by atoms with Gasteiger partial charge in [-0.2, -0.15) is 0 Å². The van der Waals surface area contributed by atoms with Gasteiger partial charge in [0.25, 0.3) is 5.91 Å². The topological polar surface area (TPSA) is 67.3 Å². The van der Waals surface area contributed by atoms with E-state index in [1.807, 2.05) is 43.3 Å². The number of amides is 1. The number of hydrogen-bond acceptors (Lipinski definition) is 5. The number of carbonyl (C=O) groups is 1. The normalized spacial score (nSPS) is 10.7. The van der Waals surface area contributed by atoms with Crippen LogP contribution in [-0.4, -0.2) is 29.0 Å². The quantitative estimate of drug-likeness (QED) is 0.645. The van der Waals surface area contributed by atoms with Crippen molar-refractivity contribution in [3.05, 3.63) is 77.6 Å². The molecule has 6 heteroatoms. The Balaban J connectivity index is 1.76. The molecule has 150 valence electrons. The molecule has 0 bridgehead atoms. The van der Waals surface area contributed by atoms with Gasteiger partial charge in [0.15, 0.2) is 0 Å². The Hall–Kier alpha value is -3.41. The van der Waals surface area contributed by atoms with E-state index in [-0.39, 0.29) is 11.9 Å². The highest BCUT2D eigenvalue weighted by molar-refractivity contribution is 6.04. The second kappa shape index (κ2) is 9.19. The molecule has 0 aliphatic rings. The van der Waals surface area contributed by atoms with Crippen LogP contribution in [0.1, 0.15) is 35.3 Å². The highest BCUT2D eigenvalue weighted by atomic mass is 16.5. The summed E-state index contributed by atoms with van der Waals surface area (Å²) in [6.45, 7) is 6.85. The lowest BCUT2D eigenvalue weighted by molar-refractivity contribution is 0.102. The largest absolute Gasteiger partial charge is 0.495 e. The van der Waals surface area contributed by atoms with E-state index in [1.54, 1.807) is 19.5 Å². The third-order valence-electron chi connectivity index (χ3n) is 4.58. The van der Waals surface area contributed by atoms with Crippen molar-refractivity contribution in [2.75, 3.05) is 17.3 Å². The number of hydrogen-bond donors (Lipinski definition) is 1. The number of anilines is 2. The van der Waals surface area contributed by atoms with Gasteiger partial charge in [-0.3, -0.25) is 4.79 Å². The molecule has 29 heavy (non-hydrogen) atoms. The highest BCUT2D eigenvalue weighted by Crippen LogP contribution is 2.25. The number of carbonyl (C=O) groups excluding carboxylic acids is 1. The molecule has 1 N–H and O–H groups in total. The maximum absolute atomic E-state index is 12.6. The standard InChI is InChI=1S/C23H26N4O2/c1-16(2)27(15-18-8-6-5-7-9-18)23-24-13-19(14-25-23)22(28)26-20-12-17(3)10-11-21(20)29-4/h5-14,16H,15H2,1-4H3,(H,26,28). The second-order valence-electron chi connectivity index (χ2n) is 7.14. The number of nitrogens with zero attached hydrogens (tertiary/aromatic N) is 3. The van der Waals surface area contributed by atoms with Crippen molar-refractivity contribution in [2.45, 2.75) is 33.4 Å². The average molecular weight is 390 g/mol. The molecule has 1 aromatic heterocycles. The Kier molecular flexibility index (Phi) is 6.44. The van der Waals surface area contributed by atoms with Gasteiger partial charge in [-0.05, 0) is 44.0 Å². The van der Waals surface area contributed by atoms with E-state index in [9.17, 15) is 4.79 Å². The summed E-state index contributed by atoms with van der Waals surface area (Å²) in [7, 11) is 1.57. The lowest BCUT2D eigenvalue weighted by Crippen LogP contribution is -2.31. The first-order chi connectivity index (χ1) is 14.0. The number of methoxy groups -OCH3 is 1. The van der Waals surface area contributed by atoms with Crippen molar-refractivity contribution >= 4 is 17.5 Å². The molecule has 1 heterocycles. The van der Waals surface area contributed by atoms with Crippen LogP contribution in [0.5, 0.6) is 5.75 Å². The van der Waals surface area contributed by atoms with Crippen molar-refractivity contribution in [1.82, 2.24) is 9.97 Å². The van der Waals surface area contributed by atoms with E-state index < -0.39 is 0 Å².